The maximum absolute atomic E-state index is 13.4. The van der Waals surface area contributed by atoms with Gasteiger partial charge in [0.1, 0.15) is 13.2 Å². The van der Waals surface area contributed by atoms with E-state index >= 15 is 0 Å². The molecule has 0 aromatic carbocycles. The maximum Gasteiger partial charge on any atom is 0.308 e. The lowest BCUT2D eigenvalue weighted by Gasteiger charge is -2.25. The molecule has 0 aliphatic carbocycles. The number of esters is 2. The van der Waals surface area contributed by atoms with E-state index in [9.17, 15) is 14.4 Å². The number of nitrogens with zero attached hydrogens (tertiary/aromatic N) is 2. The Morgan fingerprint density at radius 3 is 0.909 bits per heavy atom. The Balaban J connectivity index is 5.14. The Morgan fingerprint density at radius 2 is 0.655 bits per heavy atom. The molecule has 326 valence electrons. The zero-order valence-corrected chi connectivity index (χ0v) is 37.8. The molecule has 0 bridgehead atoms. The fraction of sp³-hybridized carbons (Fsp3) is 0.938. The summed E-state index contributed by atoms with van der Waals surface area (Å²) in [4.78, 5) is 43.6. The van der Waals surface area contributed by atoms with Crippen LogP contribution in [0.4, 0.5) is 0 Å². The number of unbranched alkanes of at least 4 members (excludes halogenated alkanes) is 24. The van der Waals surface area contributed by atoms with Gasteiger partial charge >= 0.3 is 11.9 Å². The van der Waals surface area contributed by atoms with Crippen molar-refractivity contribution >= 4 is 17.8 Å². The van der Waals surface area contributed by atoms with Crippen LogP contribution in [0.15, 0.2) is 0 Å². The number of amides is 1. The Hall–Kier alpha value is -1.63. The van der Waals surface area contributed by atoms with E-state index in [2.05, 4.69) is 27.7 Å². The third-order valence-corrected chi connectivity index (χ3v) is 11.3. The van der Waals surface area contributed by atoms with E-state index in [1.807, 2.05) is 19.0 Å². The van der Waals surface area contributed by atoms with Crippen molar-refractivity contribution in [1.82, 2.24) is 9.80 Å². The molecule has 0 aromatic rings. The lowest BCUT2D eigenvalue weighted by atomic mass is 9.94. The fourth-order valence-electron chi connectivity index (χ4n) is 7.63. The molecular formula is C48H94N2O5. The summed E-state index contributed by atoms with van der Waals surface area (Å²) in [5.41, 5.74) is 0. The number of carbonyl (C=O) groups excluding carboxylic acids is 3. The van der Waals surface area contributed by atoms with Crippen LogP contribution in [0.1, 0.15) is 233 Å². The van der Waals surface area contributed by atoms with Gasteiger partial charge in [-0.05, 0) is 39.8 Å². The first-order valence-electron chi connectivity index (χ1n) is 24.1. The molecule has 0 fully saturated rings. The molecule has 0 heterocycles. The molecule has 0 saturated heterocycles. The highest BCUT2D eigenvalue weighted by atomic mass is 16.5. The van der Waals surface area contributed by atoms with Crippen LogP contribution in [-0.4, -0.2) is 74.6 Å². The van der Waals surface area contributed by atoms with Gasteiger partial charge in [0.2, 0.25) is 5.91 Å². The normalized spacial score (nSPS) is 11.6. The van der Waals surface area contributed by atoms with Crippen molar-refractivity contribution < 1.29 is 23.9 Å². The van der Waals surface area contributed by atoms with E-state index in [0.29, 0.717) is 13.1 Å². The number of hydrogen-bond acceptors (Lipinski definition) is 6. The molecule has 0 aliphatic heterocycles. The zero-order chi connectivity index (χ0) is 40.6. The minimum Gasteiger partial charge on any atom is -0.464 e. The van der Waals surface area contributed by atoms with Crippen molar-refractivity contribution in [2.45, 2.75) is 233 Å². The molecule has 0 radical (unpaired) electrons. The summed E-state index contributed by atoms with van der Waals surface area (Å²) in [5.74, 6) is -0.392. The summed E-state index contributed by atoms with van der Waals surface area (Å²) >= 11 is 0. The summed E-state index contributed by atoms with van der Waals surface area (Å²) in [7, 11) is 3.76. The fourth-order valence-corrected chi connectivity index (χ4v) is 7.63. The van der Waals surface area contributed by atoms with Crippen LogP contribution < -0.4 is 0 Å². The summed E-state index contributed by atoms with van der Waals surface area (Å²) < 4.78 is 11.8. The zero-order valence-electron chi connectivity index (χ0n) is 37.8. The monoisotopic (exact) mass is 779 g/mol. The highest BCUT2D eigenvalue weighted by molar-refractivity contribution is 5.78. The second-order valence-electron chi connectivity index (χ2n) is 17.0. The van der Waals surface area contributed by atoms with Gasteiger partial charge in [-0.3, -0.25) is 14.4 Å². The quantitative estimate of drug-likeness (QED) is 0.0454. The first-order chi connectivity index (χ1) is 26.8. The summed E-state index contributed by atoms with van der Waals surface area (Å²) in [6, 6.07) is 0. The Bertz CT molecular complexity index is 771. The van der Waals surface area contributed by atoms with Crippen molar-refractivity contribution in [2.24, 2.45) is 11.8 Å². The van der Waals surface area contributed by atoms with Gasteiger partial charge in [-0.2, -0.15) is 0 Å². The average Bonchev–Trinajstić information content (AvgIpc) is 3.16. The highest BCUT2D eigenvalue weighted by Crippen LogP contribution is 2.23. The minimum absolute atomic E-state index is 0.0394. The Labute approximate surface area is 342 Å². The second kappa shape index (κ2) is 40.6. The van der Waals surface area contributed by atoms with Gasteiger partial charge in [0.05, 0.1) is 31.5 Å². The van der Waals surface area contributed by atoms with Crippen LogP contribution in [0.5, 0.6) is 0 Å². The lowest BCUT2D eigenvalue weighted by molar-refractivity contribution is -0.152. The van der Waals surface area contributed by atoms with Crippen LogP contribution in [-0.2, 0) is 23.9 Å². The highest BCUT2D eigenvalue weighted by Gasteiger charge is 2.23. The van der Waals surface area contributed by atoms with Crippen molar-refractivity contribution in [3.8, 4) is 0 Å². The number of hydrogen-bond donors (Lipinski definition) is 0. The molecule has 1 amide bonds. The van der Waals surface area contributed by atoms with E-state index in [4.69, 9.17) is 9.47 Å². The molecule has 7 nitrogen and oxygen atoms in total. The van der Waals surface area contributed by atoms with Crippen molar-refractivity contribution in [3.05, 3.63) is 0 Å². The molecule has 0 aliphatic rings. The van der Waals surface area contributed by atoms with Gasteiger partial charge in [-0.15, -0.1) is 0 Å². The van der Waals surface area contributed by atoms with Crippen molar-refractivity contribution in [3.63, 3.8) is 0 Å². The topological polar surface area (TPSA) is 76.1 Å². The SMILES string of the molecule is CCCCCCCCCC(CCCCCCCCC)C(=O)OCCN(CCOC(=O)C(CCCCCCCCC)CCCCCCCCC)C(=O)CN(C)C. The molecule has 0 atom stereocenters. The molecule has 0 saturated carbocycles. The lowest BCUT2D eigenvalue weighted by Crippen LogP contribution is -2.42. The number of rotatable bonds is 42. The van der Waals surface area contributed by atoms with E-state index in [1.54, 1.807) is 4.90 Å². The molecule has 0 unspecified atom stereocenters. The number of ether oxygens (including phenoxy) is 2. The van der Waals surface area contributed by atoms with Crippen LogP contribution in [0.2, 0.25) is 0 Å². The molecule has 0 spiro atoms. The van der Waals surface area contributed by atoms with Gasteiger partial charge in [0, 0.05) is 0 Å². The first-order valence-corrected chi connectivity index (χ1v) is 24.1. The third-order valence-electron chi connectivity index (χ3n) is 11.3. The largest absolute Gasteiger partial charge is 0.464 e. The van der Waals surface area contributed by atoms with E-state index in [1.165, 1.54) is 154 Å². The molecule has 7 heteroatoms. The van der Waals surface area contributed by atoms with Crippen LogP contribution in [0.25, 0.3) is 0 Å². The number of carbonyl (C=O) groups is 3. The van der Waals surface area contributed by atoms with Crippen LogP contribution >= 0.6 is 0 Å². The smallest absolute Gasteiger partial charge is 0.308 e. The van der Waals surface area contributed by atoms with Crippen LogP contribution in [0, 0.1) is 11.8 Å². The van der Waals surface area contributed by atoms with Crippen molar-refractivity contribution in [2.75, 3.05) is 46.9 Å². The van der Waals surface area contributed by atoms with Crippen molar-refractivity contribution in [1.29, 1.82) is 0 Å². The third kappa shape index (κ3) is 34.2. The summed E-state index contributed by atoms with van der Waals surface area (Å²) in [5, 5.41) is 0. The second-order valence-corrected chi connectivity index (χ2v) is 17.0. The van der Waals surface area contributed by atoms with E-state index in [-0.39, 0.29) is 49.4 Å². The van der Waals surface area contributed by atoms with Crippen LogP contribution in [0.3, 0.4) is 0 Å². The van der Waals surface area contributed by atoms with Gasteiger partial charge in [-0.1, -0.05) is 207 Å². The molecular weight excluding hydrogens is 685 g/mol. The predicted molar refractivity (Wildman–Crippen MR) is 234 cm³/mol. The standard InChI is InChI=1S/C48H94N2O5/c1-7-11-15-19-23-27-31-35-44(36-32-28-24-20-16-12-8-2)47(52)54-41-39-50(46(51)43-49(5)6)40-42-55-48(53)45(37-33-29-25-21-17-13-9-3)38-34-30-26-22-18-14-10-4/h44-45H,7-43H2,1-6H3. The molecule has 0 rings (SSSR count). The minimum atomic E-state index is -0.109. The first kappa shape index (κ1) is 53.4. The van der Waals surface area contributed by atoms with E-state index in [0.717, 1.165) is 51.4 Å². The molecule has 55 heavy (non-hydrogen) atoms. The average molecular weight is 779 g/mol. The summed E-state index contributed by atoms with van der Waals surface area (Å²) in [6.07, 6.45) is 38.1. The van der Waals surface area contributed by atoms with Gasteiger partial charge < -0.3 is 19.3 Å². The van der Waals surface area contributed by atoms with Gasteiger partial charge in [-0.25, -0.2) is 0 Å². The Kier molecular flexibility index (Phi) is 39.4. The van der Waals surface area contributed by atoms with E-state index < -0.39 is 0 Å². The molecule has 0 aromatic heterocycles. The predicted octanol–water partition coefficient (Wildman–Crippen LogP) is 13.3. The van der Waals surface area contributed by atoms with Gasteiger partial charge in [0.15, 0.2) is 0 Å². The summed E-state index contributed by atoms with van der Waals surface area (Å²) in [6.45, 7) is 10.2. The maximum atomic E-state index is 13.4. The number of likely N-dealkylation sites (N-methyl/N-ethyl adjacent to an activating group) is 1. The molecule has 0 N–H and O–H groups in total. The Morgan fingerprint density at radius 1 is 0.400 bits per heavy atom. The van der Waals surface area contributed by atoms with Gasteiger partial charge in [0.25, 0.3) is 0 Å².